The van der Waals surface area contributed by atoms with Crippen LogP contribution in [0.3, 0.4) is 0 Å². The molecular weight excluding hydrogens is 571 g/mol. The van der Waals surface area contributed by atoms with Gasteiger partial charge < -0.3 is 9.32 Å². The molecule has 0 fully saturated rings. The van der Waals surface area contributed by atoms with Crippen molar-refractivity contribution >= 4 is 39.0 Å². The maximum Gasteiger partial charge on any atom is 0.137 e. The van der Waals surface area contributed by atoms with Crippen LogP contribution in [0.4, 0.5) is 17.1 Å². The molecule has 2 nitrogen and oxygen atoms in total. The van der Waals surface area contributed by atoms with E-state index in [2.05, 4.69) is 170 Å². The fraction of sp³-hybridized carbons (Fsp3) is 0.0667. The van der Waals surface area contributed by atoms with Gasteiger partial charge in [0.05, 0.1) is 0 Å². The number of hydrogen-bond donors (Lipinski definition) is 0. The van der Waals surface area contributed by atoms with E-state index in [0.717, 1.165) is 39.0 Å². The van der Waals surface area contributed by atoms with Gasteiger partial charge in [-0.25, -0.2) is 0 Å². The standard InChI is InChI=1S/C45H33NO/c1-45(2)40-19-8-6-17-39(40)44-36(18-11-20-41(44)45)32-14-10-15-34(28-32)46(33-24-22-31(23-25-33)30-12-4-3-5-13-30)35-26-27-38-37-16-7-9-21-42(37)47-43(38)29-35/h3-29H,1-2H3. The van der Waals surface area contributed by atoms with E-state index in [1.165, 1.54) is 44.5 Å². The van der Waals surface area contributed by atoms with Crippen LogP contribution >= 0.6 is 0 Å². The maximum atomic E-state index is 6.36. The molecule has 1 heterocycles. The average molecular weight is 604 g/mol. The number of nitrogens with zero attached hydrogens (tertiary/aromatic N) is 1. The Hall–Kier alpha value is -5.86. The lowest BCUT2D eigenvalue weighted by atomic mass is 9.82. The Morgan fingerprint density at radius 1 is 0.426 bits per heavy atom. The third-order valence-corrected chi connectivity index (χ3v) is 9.88. The monoisotopic (exact) mass is 603 g/mol. The molecule has 47 heavy (non-hydrogen) atoms. The summed E-state index contributed by atoms with van der Waals surface area (Å²) in [5, 5.41) is 2.26. The summed E-state index contributed by atoms with van der Waals surface area (Å²) < 4.78 is 6.36. The van der Waals surface area contributed by atoms with Gasteiger partial charge >= 0.3 is 0 Å². The van der Waals surface area contributed by atoms with Gasteiger partial charge in [0.1, 0.15) is 11.2 Å². The third kappa shape index (κ3) is 4.40. The van der Waals surface area contributed by atoms with Gasteiger partial charge in [-0.15, -0.1) is 0 Å². The van der Waals surface area contributed by atoms with E-state index >= 15 is 0 Å². The summed E-state index contributed by atoms with van der Waals surface area (Å²) in [6, 6.07) is 58.9. The maximum absolute atomic E-state index is 6.36. The van der Waals surface area contributed by atoms with Crippen LogP contribution in [-0.2, 0) is 5.41 Å². The van der Waals surface area contributed by atoms with Gasteiger partial charge in [-0.2, -0.15) is 0 Å². The molecule has 0 amide bonds. The van der Waals surface area contributed by atoms with E-state index in [1.807, 2.05) is 12.1 Å². The molecular formula is C45H33NO. The highest BCUT2D eigenvalue weighted by molar-refractivity contribution is 6.06. The molecule has 0 radical (unpaired) electrons. The normalized spacial score (nSPS) is 13.1. The average Bonchev–Trinajstić information content (AvgIpc) is 3.61. The largest absolute Gasteiger partial charge is 0.456 e. The summed E-state index contributed by atoms with van der Waals surface area (Å²) in [6.45, 7) is 4.68. The van der Waals surface area contributed by atoms with Gasteiger partial charge in [0.15, 0.2) is 0 Å². The Bertz CT molecular complexity index is 2430. The highest BCUT2D eigenvalue weighted by Gasteiger charge is 2.36. The predicted molar refractivity (Wildman–Crippen MR) is 197 cm³/mol. The Kier molecular flexibility index (Phi) is 6.20. The Morgan fingerprint density at radius 3 is 1.91 bits per heavy atom. The molecule has 8 aromatic rings. The number of hydrogen-bond acceptors (Lipinski definition) is 2. The summed E-state index contributed by atoms with van der Waals surface area (Å²) in [7, 11) is 0. The highest BCUT2D eigenvalue weighted by atomic mass is 16.3. The quantitative estimate of drug-likeness (QED) is 0.195. The van der Waals surface area contributed by atoms with Crippen molar-refractivity contribution < 1.29 is 4.42 Å². The van der Waals surface area contributed by atoms with E-state index in [1.54, 1.807) is 0 Å². The third-order valence-electron chi connectivity index (χ3n) is 9.88. The zero-order chi connectivity index (χ0) is 31.5. The second-order valence-corrected chi connectivity index (χ2v) is 13.0. The fourth-order valence-electron chi connectivity index (χ4n) is 7.54. The van der Waals surface area contributed by atoms with E-state index in [4.69, 9.17) is 4.42 Å². The zero-order valence-corrected chi connectivity index (χ0v) is 26.4. The topological polar surface area (TPSA) is 16.4 Å². The van der Waals surface area contributed by atoms with Gasteiger partial charge in [0.2, 0.25) is 0 Å². The van der Waals surface area contributed by atoms with Crippen molar-refractivity contribution in [3.8, 4) is 33.4 Å². The van der Waals surface area contributed by atoms with Crippen molar-refractivity contribution in [1.82, 2.24) is 0 Å². The summed E-state index contributed by atoms with van der Waals surface area (Å²) >= 11 is 0. The van der Waals surface area contributed by atoms with E-state index in [9.17, 15) is 0 Å². The molecule has 2 heteroatoms. The van der Waals surface area contributed by atoms with E-state index in [-0.39, 0.29) is 5.41 Å². The van der Waals surface area contributed by atoms with Crippen LogP contribution in [0, 0.1) is 0 Å². The number of para-hydroxylation sites is 1. The van der Waals surface area contributed by atoms with Crippen molar-refractivity contribution in [3.05, 3.63) is 175 Å². The predicted octanol–water partition coefficient (Wildman–Crippen LogP) is 12.7. The second-order valence-electron chi connectivity index (χ2n) is 13.0. The van der Waals surface area contributed by atoms with Crippen molar-refractivity contribution in [2.24, 2.45) is 0 Å². The van der Waals surface area contributed by atoms with Crippen LogP contribution in [-0.4, -0.2) is 0 Å². The number of rotatable bonds is 5. The Labute approximate surface area is 275 Å². The first-order valence-corrected chi connectivity index (χ1v) is 16.3. The number of fused-ring (bicyclic) bond motifs is 6. The van der Waals surface area contributed by atoms with Gasteiger partial charge in [0, 0.05) is 39.3 Å². The van der Waals surface area contributed by atoms with Gasteiger partial charge in [-0.3, -0.25) is 0 Å². The Balaban J connectivity index is 1.21. The zero-order valence-electron chi connectivity index (χ0n) is 26.4. The van der Waals surface area contributed by atoms with E-state index in [0.29, 0.717) is 0 Å². The smallest absolute Gasteiger partial charge is 0.137 e. The first-order valence-electron chi connectivity index (χ1n) is 16.3. The van der Waals surface area contributed by atoms with Crippen LogP contribution in [0.25, 0.3) is 55.3 Å². The van der Waals surface area contributed by atoms with Gasteiger partial charge in [-0.1, -0.05) is 129 Å². The van der Waals surface area contributed by atoms with Crippen molar-refractivity contribution in [3.63, 3.8) is 0 Å². The van der Waals surface area contributed by atoms with Crippen molar-refractivity contribution in [2.75, 3.05) is 4.90 Å². The summed E-state index contributed by atoms with van der Waals surface area (Å²) in [5.74, 6) is 0. The minimum atomic E-state index is -0.0475. The molecule has 0 unspecified atom stereocenters. The molecule has 9 rings (SSSR count). The van der Waals surface area contributed by atoms with Gasteiger partial charge in [-0.05, 0) is 87.0 Å². The lowest BCUT2D eigenvalue weighted by Crippen LogP contribution is -2.14. The Morgan fingerprint density at radius 2 is 1.04 bits per heavy atom. The van der Waals surface area contributed by atoms with Crippen LogP contribution in [0.15, 0.2) is 168 Å². The molecule has 1 aromatic heterocycles. The number of furan rings is 1. The minimum Gasteiger partial charge on any atom is -0.456 e. The van der Waals surface area contributed by atoms with Crippen LogP contribution in [0.1, 0.15) is 25.0 Å². The number of anilines is 3. The molecule has 0 saturated carbocycles. The highest BCUT2D eigenvalue weighted by Crippen LogP contribution is 2.52. The molecule has 1 aliphatic carbocycles. The van der Waals surface area contributed by atoms with Crippen LogP contribution in [0.2, 0.25) is 0 Å². The molecule has 0 aliphatic heterocycles. The van der Waals surface area contributed by atoms with Gasteiger partial charge in [0.25, 0.3) is 0 Å². The second kappa shape index (κ2) is 10.6. The molecule has 7 aromatic carbocycles. The first-order chi connectivity index (χ1) is 23.1. The van der Waals surface area contributed by atoms with Crippen molar-refractivity contribution in [2.45, 2.75) is 19.3 Å². The van der Waals surface area contributed by atoms with Crippen LogP contribution in [0.5, 0.6) is 0 Å². The lowest BCUT2D eigenvalue weighted by Gasteiger charge is -2.26. The molecule has 0 saturated heterocycles. The fourth-order valence-corrected chi connectivity index (χ4v) is 7.54. The summed E-state index contributed by atoms with van der Waals surface area (Å²) in [6.07, 6.45) is 0. The molecule has 1 aliphatic rings. The SMILES string of the molecule is CC1(C)c2ccccc2-c2c(-c3cccc(N(c4ccc(-c5ccccc5)cc4)c4ccc5c(c4)oc4ccccc45)c3)cccc21. The van der Waals surface area contributed by atoms with Crippen molar-refractivity contribution in [1.29, 1.82) is 0 Å². The lowest BCUT2D eigenvalue weighted by molar-refractivity contribution is 0.660. The molecule has 0 N–H and O–H groups in total. The minimum absolute atomic E-state index is 0.0475. The molecule has 0 bridgehead atoms. The first kappa shape index (κ1) is 27.5. The van der Waals surface area contributed by atoms with Crippen LogP contribution < -0.4 is 4.90 Å². The number of benzene rings is 7. The molecule has 0 spiro atoms. The summed E-state index contributed by atoms with van der Waals surface area (Å²) in [5.41, 5.74) is 15.3. The molecule has 0 atom stereocenters. The summed E-state index contributed by atoms with van der Waals surface area (Å²) in [4.78, 5) is 2.34. The van der Waals surface area contributed by atoms with E-state index < -0.39 is 0 Å². The molecule has 224 valence electrons.